The molecule has 0 N–H and O–H groups in total. The maximum absolute atomic E-state index is 12.6. The summed E-state index contributed by atoms with van der Waals surface area (Å²) in [6.45, 7) is 0. The van der Waals surface area contributed by atoms with E-state index in [2.05, 4.69) is 6.07 Å². The number of carbonyl (C=O) groups excluding carboxylic acids is 1. The number of hydrogen-bond donors (Lipinski definition) is 0. The number of benzene rings is 2. The third-order valence-electron chi connectivity index (χ3n) is 3.89. The summed E-state index contributed by atoms with van der Waals surface area (Å²) in [5, 5.41) is 9.59. The minimum atomic E-state index is -0.730. The zero-order chi connectivity index (χ0) is 15.8. The van der Waals surface area contributed by atoms with Gasteiger partial charge < -0.3 is 9.47 Å². The van der Waals surface area contributed by atoms with Crippen LogP contribution in [0.4, 0.5) is 0 Å². The highest BCUT2D eigenvalue weighted by Gasteiger charge is 2.39. The van der Waals surface area contributed by atoms with Gasteiger partial charge in [-0.15, -0.1) is 0 Å². The lowest BCUT2D eigenvalue weighted by atomic mass is 9.89. The quantitative estimate of drug-likeness (QED) is 0.809. The van der Waals surface area contributed by atoms with Crippen LogP contribution < -0.4 is 4.74 Å². The van der Waals surface area contributed by atoms with Crippen LogP contribution in [-0.4, -0.2) is 11.9 Å². The molecule has 2 aromatic carbocycles. The van der Waals surface area contributed by atoms with E-state index in [0.717, 1.165) is 5.56 Å². The van der Waals surface area contributed by atoms with Gasteiger partial charge in [-0.05, 0) is 12.1 Å². The van der Waals surface area contributed by atoms with Crippen molar-refractivity contribution >= 4 is 11.5 Å². The Morgan fingerprint density at radius 2 is 1.74 bits per heavy atom. The van der Waals surface area contributed by atoms with E-state index in [0.29, 0.717) is 28.2 Å². The van der Waals surface area contributed by atoms with Crippen molar-refractivity contribution < 1.29 is 14.3 Å². The Morgan fingerprint density at radius 1 is 1.00 bits per heavy atom. The Labute approximate surface area is 132 Å². The van der Waals surface area contributed by atoms with E-state index in [-0.39, 0.29) is 5.78 Å². The second-order valence-electron chi connectivity index (χ2n) is 5.23. The maximum atomic E-state index is 12.6. The van der Waals surface area contributed by atoms with Gasteiger partial charge in [0.2, 0.25) is 0 Å². The summed E-state index contributed by atoms with van der Waals surface area (Å²) in [4.78, 5) is 12.6. The largest absolute Gasteiger partial charge is 0.479 e. The number of fused-ring (bicyclic) bond motifs is 2. The lowest BCUT2D eigenvalue weighted by Crippen LogP contribution is -2.34. The van der Waals surface area contributed by atoms with Crippen molar-refractivity contribution in [3.63, 3.8) is 0 Å². The lowest BCUT2D eigenvalue weighted by molar-refractivity contribution is 0.0967. The molecule has 4 rings (SSSR count). The van der Waals surface area contributed by atoms with Crippen molar-refractivity contribution in [2.45, 2.75) is 6.10 Å². The summed E-state index contributed by atoms with van der Waals surface area (Å²) in [7, 11) is 0. The molecule has 1 atom stereocenters. The molecule has 2 aliphatic heterocycles. The third kappa shape index (κ3) is 2.02. The lowest BCUT2D eigenvalue weighted by Gasteiger charge is -2.30. The number of carbonyl (C=O) groups is 1. The monoisotopic (exact) mass is 301 g/mol. The first-order chi connectivity index (χ1) is 11.3. The highest BCUT2D eigenvalue weighted by Crippen LogP contribution is 2.38. The molecule has 23 heavy (non-hydrogen) atoms. The number of rotatable bonds is 1. The molecule has 0 radical (unpaired) electrons. The first-order valence-electron chi connectivity index (χ1n) is 7.16. The number of ketones is 1. The maximum Gasteiger partial charge on any atom is 0.199 e. The zero-order valence-electron chi connectivity index (χ0n) is 12.0. The van der Waals surface area contributed by atoms with Gasteiger partial charge in [-0.1, -0.05) is 42.5 Å². The molecule has 0 amide bonds. The SMILES string of the molecule is N#CC1=C(c2ccccc2)OC=C2C(=O)c3ccccc3OC21. The van der Waals surface area contributed by atoms with Gasteiger partial charge in [-0.2, -0.15) is 5.26 Å². The van der Waals surface area contributed by atoms with Crippen LogP contribution in [0.2, 0.25) is 0 Å². The Balaban J connectivity index is 1.85. The molecule has 4 heteroatoms. The molecule has 0 bridgehead atoms. The van der Waals surface area contributed by atoms with Crippen LogP contribution in [0.25, 0.3) is 5.76 Å². The van der Waals surface area contributed by atoms with Gasteiger partial charge in [0.25, 0.3) is 0 Å². The number of Topliss-reactive ketones (excluding diaryl/α,β-unsaturated/α-hetero) is 1. The second kappa shape index (κ2) is 5.15. The molecule has 2 aromatic rings. The minimum absolute atomic E-state index is 0.170. The predicted octanol–water partition coefficient (Wildman–Crippen LogP) is 3.48. The fraction of sp³-hybridized carbons (Fsp3) is 0.0526. The topological polar surface area (TPSA) is 59.3 Å². The molecular weight excluding hydrogens is 290 g/mol. The molecule has 4 nitrogen and oxygen atoms in total. The molecule has 2 aliphatic rings. The average Bonchev–Trinajstić information content (AvgIpc) is 2.62. The molecule has 0 saturated heterocycles. The van der Waals surface area contributed by atoms with E-state index in [1.165, 1.54) is 6.26 Å². The summed E-state index contributed by atoms with van der Waals surface area (Å²) in [6.07, 6.45) is 0.665. The summed E-state index contributed by atoms with van der Waals surface area (Å²) in [6, 6.07) is 18.5. The van der Waals surface area contributed by atoms with Crippen LogP contribution in [0.1, 0.15) is 15.9 Å². The van der Waals surface area contributed by atoms with E-state index >= 15 is 0 Å². The van der Waals surface area contributed by atoms with Crippen LogP contribution >= 0.6 is 0 Å². The normalized spacial score (nSPS) is 18.8. The second-order valence-corrected chi connectivity index (χ2v) is 5.23. The molecule has 0 aromatic heterocycles. The fourth-order valence-electron chi connectivity index (χ4n) is 2.78. The van der Waals surface area contributed by atoms with Gasteiger partial charge >= 0.3 is 0 Å². The molecule has 0 aliphatic carbocycles. The fourth-order valence-corrected chi connectivity index (χ4v) is 2.78. The summed E-state index contributed by atoms with van der Waals surface area (Å²) >= 11 is 0. The molecule has 1 unspecified atom stereocenters. The number of para-hydroxylation sites is 1. The Hall–Kier alpha value is -3.32. The smallest absolute Gasteiger partial charge is 0.199 e. The number of hydrogen-bond acceptors (Lipinski definition) is 4. The molecule has 0 fully saturated rings. The van der Waals surface area contributed by atoms with Crippen molar-refractivity contribution in [2.24, 2.45) is 0 Å². The van der Waals surface area contributed by atoms with Gasteiger partial charge in [0.15, 0.2) is 17.6 Å². The summed E-state index contributed by atoms with van der Waals surface area (Å²) < 4.78 is 11.5. The highest BCUT2D eigenvalue weighted by molar-refractivity contribution is 6.13. The van der Waals surface area contributed by atoms with Gasteiger partial charge in [0, 0.05) is 5.56 Å². The van der Waals surface area contributed by atoms with Crippen LogP contribution in [0.15, 0.2) is 72.0 Å². The Kier molecular flexibility index (Phi) is 2.99. The van der Waals surface area contributed by atoms with Crippen molar-refractivity contribution in [3.8, 4) is 11.8 Å². The summed E-state index contributed by atoms with van der Waals surface area (Å²) in [5.41, 5.74) is 1.91. The van der Waals surface area contributed by atoms with E-state index in [4.69, 9.17) is 9.47 Å². The van der Waals surface area contributed by atoms with Crippen molar-refractivity contribution in [2.75, 3.05) is 0 Å². The Bertz CT molecular complexity index is 904. The van der Waals surface area contributed by atoms with Crippen LogP contribution in [-0.2, 0) is 4.74 Å². The van der Waals surface area contributed by atoms with Crippen molar-refractivity contribution in [1.29, 1.82) is 5.26 Å². The van der Waals surface area contributed by atoms with Crippen molar-refractivity contribution in [1.82, 2.24) is 0 Å². The number of nitrogens with zero attached hydrogens (tertiary/aromatic N) is 1. The summed E-state index contributed by atoms with van der Waals surface area (Å²) in [5.74, 6) is 0.743. The van der Waals surface area contributed by atoms with Gasteiger partial charge in [0.05, 0.1) is 11.1 Å². The van der Waals surface area contributed by atoms with E-state index < -0.39 is 6.10 Å². The standard InChI is InChI=1S/C19H11NO3/c20-10-14-18(12-6-2-1-3-7-12)22-11-15-17(21)13-8-4-5-9-16(13)23-19(14)15/h1-9,11,19H. The van der Waals surface area contributed by atoms with Crippen LogP contribution in [0.5, 0.6) is 5.75 Å². The first-order valence-corrected chi connectivity index (χ1v) is 7.16. The van der Waals surface area contributed by atoms with Crippen molar-refractivity contribution in [3.05, 3.63) is 83.1 Å². The van der Waals surface area contributed by atoms with Gasteiger partial charge in [0.1, 0.15) is 23.7 Å². The van der Waals surface area contributed by atoms with E-state index in [1.807, 2.05) is 30.3 Å². The molecular formula is C19H11NO3. The van der Waals surface area contributed by atoms with Crippen LogP contribution in [0.3, 0.4) is 0 Å². The average molecular weight is 301 g/mol. The van der Waals surface area contributed by atoms with E-state index in [1.54, 1.807) is 24.3 Å². The van der Waals surface area contributed by atoms with Gasteiger partial charge in [-0.25, -0.2) is 0 Å². The number of nitriles is 1. The highest BCUT2D eigenvalue weighted by atomic mass is 16.5. The number of ether oxygens (including phenoxy) is 2. The Morgan fingerprint density at radius 3 is 2.52 bits per heavy atom. The molecule has 0 saturated carbocycles. The van der Waals surface area contributed by atoms with Gasteiger partial charge in [-0.3, -0.25) is 4.79 Å². The molecule has 2 heterocycles. The molecule has 110 valence electrons. The first kappa shape index (κ1) is 13.4. The predicted molar refractivity (Wildman–Crippen MR) is 83.3 cm³/mol. The molecule has 0 spiro atoms. The third-order valence-corrected chi connectivity index (χ3v) is 3.89. The van der Waals surface area contributed by atoms with Crippen LogP contribution in [0, 0.1) is 11.3 Å². The minimum Gasteiger partial charge on any atom is -0.479 e. The zero-order valence-corrected chi connectivity index (χ0v) is 12.0. The van der Waals surface area contributed by atoms with E-state index in [9.17, 15) is 10.1 Å².